The number of carboxylic acid groups (broad SMARTS) is 1. The lowest BCUT2D eigenvalue weighted by atomic mass is 9.93. The molecule has 3 aromatic rings. The normalized spacial score (nSPS) is 19.7. The first kappa shape index (κ1) is 17.3. The molecule has 0 bridgehead atoms. The summed E-state index contributed by atoms with van der Waals surface area (Å²) in [5.41, 5.74) is 6.24. The Morgan fingerprint density at radius 2 is 1.90 bits per heavy atom. The minimum atomic E-state index is -0.916. The highest BCUT2D eigenvalue weighted by Crippen LogP contribution is 2.48. The first-order valence-electron chi connectivity index (χ1n) is 10.3. The molecule has 0 amide bonds. The van der Waals surface area contributed by atoms with Crippen LogP contribution in [-0.4, -0.2) is 21.4 Å². The topological polar surface area (TPSA) is 59.3 Å². The molecule has 0 saturated heterocycles. The number of carboxylic acids is 1. The third-order valence-electron chi connectivity index (χ3n) is 6.64. The summed E-state index contributed by atoms with van der Waals surface area (Å²) in [6, 6.07) is 12.0. The predicted octanol–water partition coefficient (Wildman–Crippen LogP) is 4.30. The van der Waals surface area contributed by atoms with Crippen molar-refractivity contribution in [3.05, 3.63) is 74.6 Å². The maximum Gasteiger partial charge on any atom is 0.327 e. The van der Waals surface area contributed by atoms with Gasteiger partial charge in [-0.3, -0.25) is 9.36 Å². The molecule has 146 valence electrons. The highest BCUT2D eigenvalue weighted by molar-refractivity contribution is 7.99. The minimum absolute atomic E-state index is 0.178. The van der Waals surface area contributed by atoms with Crippen LogP contribution in [0.25, 0.3) is 10.8 Å². The molecule has 2 aliphatic carbocycles. The number of carbonyl (C=O) groups is 1. The predicted molar refractivity (Wildman–Crippen MR) is 114 cm³/mol. The molecular formula is C24H21NO3S. The molecule has 2 heterocycles. The molecule has 1 atom stereocenters. The SMILES string of the molecule is O=C(O)[C@@H]1CSc2c(C3CC3)c(Cc3ccc4c5c(cccc35)CC4)cc(=O)n21. The fourth-order valence-electron chi connectivity index (χ4n) is 5.14. The van der Waals surface area contributed by atoms with E-state index >= 15 is 0 Å². The molecule has 29 heavy (non-hydrogen) atoms. The van der Waals surface area contributed by atoms with Crippen molar-refractivity contribution in [3.63, 3.8) is 0 Å². The first-order chi connectivity index (χ1) is 14.1. The average molecular weight is 404 g/mol. The number of pyridine rings is 1. The van der Waals surface area contributed by atoms with Gasteiger partial charge >= 0.3 is 5.97 Å². The lowest BCUT2D eigenvalue weighted by Crippen LogP contribution is -2.29. The zero-order valence-electron chi connectivity index (χ0n) is 16.0. The summed E-state index contributed by atoms with van der Waals surface area (Å²) in [6.45, 7) is 0. The molecule has 1 aromatic heterocycles. The minimum Gasteiger partial charge on any atom is -0.480 e. The molecule has 5 heteroatoms. The van der Waals surface area contributed by atoms with E-state index in [0.29, 0.717) is 11.7 Å². The van der Waals surface area contributed by atoms with Crippen LogP contribution in [0.15, 0.2) is 46.2 Å². The van der Waals surface area contributed by atoms with E-state index in [4.69, 9.17) is 0 Å². The van der Waals surface area contributed by atoms with E-state index in [1.54, 1.807) is 6.07 Å². The van der Waals surface area contributed by atoms with Gasteiger partial charge in [-0.05, 0) is 76.6 Å². The van der Waals surface area contributed by atoms with E-state index < -0.39 is 12.0 Å². The number of hydrogen-bond acceptors (Lipinski definition) is 3. The van der Waals surface area contributed by atoms with Crippen LogP contribution in [0, 0.1) is 0 Å². The van der Waals surface area contributed by atoms with Crippen molar-refractivity contribution < 1.29 is 9.90 Å². The Labute approximate surface area is 172 Å². The van der Waals surface area contributed by atoms with Gasteiger partial charge in [0.15, 0.2) is 0 Å². The van der Waals surface area contributed by atoms with Crippen molar-refractivity contribution in [1.82, 2.24) is 4.57 Å². The van der Waals surface area contributed by atoms with E-state index in [9.17, 15) is 14.7 Å². The molecule has 2 aromatic carbocycles. The van der Waals surface area contributed by atoms with Crippen molar-refractivity contribution in [2.24, 2.45) is 0 Å². The van der Waals surface area contributed by atoms with Crippen LogP contribution in [0.5, 0.6) is 0 Å². The summed E-state index contributed by atoms with van der Waals surface area (Å²) in [5.74, 6) is -0.0154. The molecule has 4 nitrogen and oxygen atoms in total. The maximum absolute atomic E-state index is 12.9. The smallest absolute Gasteiger partial charge is 0.327 e. The number of rotatable bonds is 4. The van der Waals surface area contributed by atoms with Crippen LogP contribution in [-0.2, 0) is 24.1 Å². The van der Waals surface area contributed by atoms with Gasteiger partial charge < -0.3 is 5.11 Å². The van der Waals surface area contributed by atoms with Crippen LogP contribution in [0.4, 0.5) is 0 Å². The maximum atomic E-state index is 12.9. The second-order valence-corrected chi connectivity index (χ2v) is 9.44. The quantitative estimate of drug-likeness (QED) is 0.706. The van der Waals surface area contributed by atoms with Gasteiger partial charge in [-0.15, -0.1) is 11.8 Å². The Balaban J connectivity index is 1.51. The zero-order chi connectivity index (χ0) is 19.7. The lowest BCUT2D eigenvalue weighted by Gasteiger charge is -2.17. The summed E-state index contributed by atoms with van der Waals surface area (Å²) in [4.78, 5) is 24.5. The van der Waals surface area contributed by atoms with Crippen molar-refractivity contribution in [2.45, 2.75) is 49.1 Å². The van der Waals surface area contributed by atoms with Gasteiger partial charge in [0, 0.05) is 11.8 Å². The van der Waals surface area contributed by atoms with Crippen LogP contribution < -0.4 is 5.56 Å². The number of fused-ring (bicyclic) bond motifs is 1. The molecule has 1 fully saturated rings. The summed E-state index contributed by atoms with van der Waals surface area (Å²) in [6.07, 6.45) is 5.20. The van der Waals surface area contributed by atoms with Gasteiger partial charge in [-0.2, -0.15) is 0 Å². The van der Waals surface area contributed by atoms with Gasteiger partial charge in [0.1, 0.15) is 6.04 Å². The molecule has 1 aliphatic heterocycles. The number of aromatic nitrogens is 1. The third-order valence-corrected chi connectivity index (χ3v) is 7.81. The van der Waals surface area contributed by atoms with Gasteiger partial charge in [0.05, 0.1) is 5.03 Å². The molecule has 0 radical (unpaired) electrons. The molecular weight excluding hydrogens is 382 g/mol. The number of aliphatic carboxylic acids is 1. The van der Waals surface area contributed by atoms with Gasteiger partial charge in [0.25, 0.3) is 5.56 Å². The summed E-state index contributed by atoms with van der Waals surface area (Å²) >= 11 is 1.54. The lowest BCUT2D eigenvalue weighted by molar-refractivity contribution is -0.140. The standard InChI is InChI=1S/C24H21NO3S/c26-20-11-17(22(15-6-7-15)23-25(20)19(12-29-23)24(27)28)10-16-9-8-14-5-4-13-2-1-3-18(16)21(13)14/h1-3,8-9,11,15,19H,4-7,10,12H2,(H,27,28)/t19-/m0/s1. The van der Waals surface area contributed by atoms with Crippen LogP contribution in [0.2, 0.25) is 0 Å². The highest BCUT2D eigenvalue weighted by Gasteiger charge is 2.37. The molecule has 3 aliphatic rings. The van der Waals surface area contributed by atoms with Crippen molar-refractivity contribution in [2.75, 3.05) is 5.75 Å². The van der Waals surface area contributed by atoms with Gasteiger partial charge in [0.2, 0.25) is 0 Å². The van der Waals surface area contributed by atoms with Crippen molar-refractivity contribution in [1.29, 1.82) is 0 Å². The third kappa shape index (κ3) is 2.60. The monoisotopic (exact) mass is 403 g/mol. The van der Waals surface area contributed by atoms with Crippen molar-refractivity contribution in [3.8, 4) is 0 Å². The molecule has 1 N–H and O–H groups in total. The van der Waals surface area contributed by atoms with E-state index in [1.165, 1.54) is 49.4 Å². The van der Waals surface area contributed by atoms with E-state index in [1.807, 2.05) is 0 Å². The Morgan fingerprint density at radius 3 is 2.66 bits per heavy atom. The molecule has 1 saturated carbocycles. The van der Waals surface area contributed by atoms with Crippen LogP contribution >= 0.6 is 11.8 Å². The Kier molecular flexibility index (Phi) is 3.73. The Bertz CT molecular complexity index is 1240. The van der Waals surface area contributed by atoms with Crippen molar-refractivity contribution >= 4 is 28.5 Å². The fourth-order valence-corrected chi connectivity index (χ4v) is 6.56. The van der Waals surface area contributed by atoms with Gasteiger partial charge in [-0.25, -0.2) is 4.79 Å². The van der Waals surface area contributed by atoms with Crippen LogP contribution in [0.1, 0.15) is 52.6 Å². The zero-order valence-corrected chi connectivity index (χ0v) is 16.8. The van der Waals surface area contributed by atoms with E-state index in [2.05, 4.69) is 30.3 Å². The fraction of sp³-hybridized carbons (Fsp3) is 0.333. The second-order valence-electron chi connectivity index (χ2n) is 8.44. The molecule has 0 spiro atoms. The largest absolute Gasteiger partial charge is 0.480 e. The molecule has 6 rings (SSSR count). The number of aryl methyl sites for hydroxylation is 2. The van der Waals surface area contributed by atoms with Gasteiger partial charge in [-0.1, -0.05) is 30.3 Å². The number of thioether (sulfide) groups is 1. The highest BCUT2D eigenvalue weighted by atomic mass is 32.2. The summed E-state index contributed by atoms with van der Waals surface area (Å²) in [7, 11) is 0. The van der Waals surface area contributed by atoms with Crippen LogP contribution in [0.3, 0.4) is 0 Å². The summed E-state index contributed by atoms with van der Waals surface area (Å²) < 4.78 is 1.53. The first-order valence-corrected chi connectivity index (χ1v) is 11.3. The Hall–Kier alpha value is -2.53. The number of hydrogen-bond donors (Lipinski definition) is 1. The van der Waals surface area contributed by atoms with E-state index in [0.717, 1.165) is 42.7 Å². The number of benzene rings is 2. The second kappa shape index (κ2) is 6.23. The Morgan fingerprint density at radius 1 is 1.10 bits per heavy atom. The average Bonchev–Trinajstić information content (AvgIpc) is 3.28. The number of nitrogens with zero attached hydrogens (tertiary/aromatic N) is 1. The molecule has 0 unspecified atom stereocenters. The summed E-state index contributed by atoms with van der Waals surface area (Å²) in [5, 5.41) is 13.1. The van der Waals surface area contributed by atoms with E-state index in [-0.39, 0.29) is 5.56 Å².